The van der Waals surface area contributed by atoms with Gasteiger partial charge in [0.05, 0.1) is 0 Å². The van der Waals surface area contributed by atoms with E-state index >= 15 is 0 Å². The van der Waals surface area contributed by atoms with Crippen LogP contribution in [0.5, 0.6) is 17.2 Å². The van der Waals surface area contributed by atoms with Crippen LogP contribution in [0, 0.1) is 6.92 Å². The fraction of sp³-hybridized carbons (Fsp3) is 0.208. The van der Waals surface area contributed by atoms with Crippen molar-refractivity contribution in [1.82, 2.24) is 20.1 Å². The van der Waals surface area contributed by atoms with Crippen LogP contribution >= 0.6 is 11.3 Å². The maximum absolute atomic E-state index is 12.4. The molecule has 0 spiro atoms. The first-order valence-corrected chi connectivity index (χ1v) is 11.9. The molecule has 11 nitrogen and oxygen atoms in total. The molecule has 1 aliphatic rings. The first kappa shape index (κ1) is 23.3. The molecule has 0 saturated carbocycles. The summed E-state index contributed by atoms with van der Waals surface area (Å²) in [5.41, 5.74) is 6.84. The summed E-state index contributed by atoms with van der Waals surface area (Å²) in [5.74, 6) is 1.72. The standard InChI is InChI=1S/C24H22N6O5S/c1-13-28-29-22(33-13)14-3-5-16(6-4-14)34-17-9-15(26-24-27-19(12-36-24)21(25)31)10-18(11-17)35-20-7-8-30(2)23(20)32/h3-6,9-12,20H,7-8H2,1-2H3,(H2,25,31)(H,26,27). The predicted molar refractivity (Wildman–Crippen MR) is 132 cm³/mol. The summed E-state index contributed by atoms with van der Waals surface area (Å²) in [4.78, 5) is 29.6. The van der Waals surface area contributed by atoms with Crippen LogP contribution < -0.4 is 20.5 Å². The normalized spacial score (nSPS) is 15.2. The molecule has 0 aliphatic carbocycles. The number of likely N-dealkylation sites (tertiary alicyclic amines) is 1. The van der Waals surface area contributed by atoms with Gasteiger partial charge in [0.25, 0.3) is 11.8 Å². The average Bonchev–Trinajstić information content (AvgIpc) is 3.57. The number of benzene rings is 2. The van der Waals surface area contributed by atoms with Crippen LogP contribution in [0.1, 0.15) is 22.8 Å². The van der Waals surface area contributed by atoms with Gasteiger partial charge >= 0.3 is 0 Å². The van der Waals surface area contributed by atoms with E-state index in [1.165, 1.54) is 11.3 Å². The van der Waals surface area contributed by atoms with Crippen molar-refractivity contribution in [2.75, 3.05) is 18.9 Å². The zero-order valence-electron chi connectivity index (χ0n) is 19.4. The number of likely N-dealkylation sites (N-methyl/N-ethyl adjacent to an activating group) is 1. The van der Waals surface area contributed by atoms with Crippen LogP contribution in [-0.4, -0.2) is 51.6 Å². The number of nitrogens with zero attached hydrogens (tertiary/aromatic N) is 4. The molecule has 0 bridgehead atoms. The molecule has 0 radical (unpaired) electrons. The van der Waals surface area contributed by atoms with Crippen LogP contribution in [0.25, 0.3) is 11.5 Å². The van der Waals surface area contributed by atoms with Gasteiger partial charge in [-0.2, -0.15) is 0 Å². The van der Waals surface area contributed by atoms with Gasteiger partial charge in [-0.15, -0.1) is 21.5 Å². The average molecular weight is 507 g/mol. The van der Waals surface area contributed by atoms with Gasteiger partial charge in [0.2, 0.25) is 11.8 Å². The highest BCUT2D eigenvalue weighted by Gasteiger charge is 2.31. The number of thiazole rings is 1. The summed E-state index contributed by atoms with van der Waals surface area (Å²) in [6.45, 7) is 2.36. The van der Waals surface area contributed by atoms with E-state index in [-0.39, 0.29) is 11.6 Å². The van der Waals surface area contributed by atoms with Crippen LogP contribution in [-0.2, 0) is 4.79 Å². The number of anilines is 2. The van der Waals surface area contributed by atoms with Gasteiger partial charge in [-0.05, 0) is 24.3 Å². The van der Waals surface area contributed by atoms with E-state index in [4.69, 9.17) is 19.6 Å². The monoisotopic (exact) mass is 506 g/mol. The van der Waals surface area contributed by atoms with E-state index in [2.05, 4.69) is 20.5 Å². The number of hydrogen-bond donors (Lipinski definition) is 2. The molecule has 36 heavy (non-hydrogen) atoms. The van der Waals surface area contributed by atoms with E-state index in [1.54, 1.807) is 54.6 Å². The minimum Gasteiger partial charge on any atom is -0.480 e. The Morgan fingerprint density at radius 3 is 2.58 bits per heavy atom. The number of ether oxygens (including phenoxy) is 2. The van der Waals surface area contributed by atoms with E-state index in [1.807, 2.05) is 12.1 Å². The highest BCUT2D eigenvalue weighted by atomic mass is 32.1. The molecule has 1 saturated heterocycles. The first-order chi connectivity index (χ1) is 17.3. The highest BCUT2D eigenvalue weighted by Crippen LogP contribution is 2.34. The van der Waals surface area contributed by atoms with Gasteiger partial charge in [0.15, 0.2) is 11.2 Å². The summed E-state index contributed by atoms with van der Waals surface area (Å²) < 4.78 is 17.5. The quantitative estimate of drug-likeness (QED) is 0.365. The molecule has 1 fully saturated rings. The summed E-state index contributed by atoms with van der Waals surface area (Å²) in [6, 6.07) is 12.4. The van der Waals surface area contributed by atoms with E-state index < -0.39 is 12.0 Å². The molecule has 2 aromatic carbocycles. The fourth-order valence-corrected chi connectivity index (χ4v) is 4.34. The lowest BCUT2D eigenvalue weighted by molar-refractivity contribution is -0.132. The second-order valence-electron chi connectivity index (χ2n) is 8.13. The second kappa shape index (κ2) is 9.66. The van der Waals surface area contributed by atoms with E-state index in [0.29, 0.717) is 52.8 Å². The van der Waals surface area contributed by atoms with Crippen molar-refractivity contribution >= 4 is 34.0 Å². The minimum atomic E-state index is -0.608. The molecule has 5 rings (SSSR count). The number of nitrogens with one attached hydrogen (secondary N) is 1. The lowest BCUT2D eigenvalue weighted by atomic mass is 10.2. The third-order valence-electron chi connectivity index (χ3n) is 5.41. The largest absolute Gasteiger partial charge is 0.480 e. The van der Waals surface area contributed by atoms with Gasteiger partial charge in [0.1, 0.15) is 22.9 Å². The molecule has 1 unspecified atom stereocenters. The Morgan fingerprint density at radius 1 is 1.17 bits per heavy atom. The number of nitrogens with two attached hydrogens (primary N) is 1. The number of hydrogen-bond acceptors (Lipinski definition) is 10. The number of rotatable bonds is 8. The van der Waals surface area contributed by atoms with Gasteiger partial charge in [0, 0.05) is 61.8 Å². The van der Waals surface area contributed by atoms with Crippen molar-refractivity contribution in [3.8, 4) is 28.7 Å². The van der Waals surface area contributed by atoms with E-state index in [0.717, 1.165) is 5.56 Å². The summed E-state index contributed by atoms with van der Waals surface area (Å²) in [7, 11) is 1.75. The zero-order valence-corrected chi connectivity index (χ0v) is 20.2. The molecule has 2 aromatic heterocycles. The summed E-state index contributed by atoms with van der Waals surface area (Å²) >= 11 is 1.24. The Balaban J connectivity index is 1.40. The Morgan fingerprint density at radius 2 is 1.94 bits per heavy atom. The third kappa shape index (κ3) is 5.13. The maximum atomic E-state index is 12.4. The third-order valence-corrected chi connectivity index (χ3v) is 6.17. The minimum absolute atomic E-state index is 0.0753. The van der Waals surface area contributed by atoms with Crippen molar-refractivity contribution < 1.29 is 23.5 Å². The zero-order chi connectivity index (χ0) is 25.2. The number of primary amides is 1. The van der Waals surface area contributed by atoms with E-state index in [9.17, 15) is 9.59 Å². The predicted octanol–water partition coefficient (Wildman–Crippen LogP) is 3.75. The molecule has 3 heterocycles. The second-order valence-corrected chi connectivity index (χ2v) is 8.99. The molecule has 12 heteroatoms. The van der Waals surface area contributed by atoms with Crippen LogP contribution in [0.4, 0.5) is 10.8 Å². The van der Waals surface area contributed by atoms with Crippen molar-refractivity contribution in [3.63, 3.8) is 0 Å². The molecular weight excluding hydrogens is 484 g/mol. The van der Waals surface area contributed by atoms with Crippen LogP contribution in [0.2, 0.25) is 0 Å². The number of aromatic nitrogens is 3. The van der Waals surface area contributed by atoms with Crippen molar-refractivity contribution in [1.29, 1.82) is 0 Å². The van der Waals surface area contributed by atoms with Gasteiger partial charge in [-0.1, -0.05) is 0 Å². The topological polar surface area (TPSA) is 146 Å². The molecule has 3 N–H and O–H groups in total. The highest BCUT2D eigenvalue weighted by molar-refractivity contribution is 7.14. The smallest absolute Gasteiger partial charge is 0.268 e. The number of carbonyl (C=O) groups excluding carboxylic acids is 2. The van der Waals surface area contributed by atoms with Gasteiger partial charge < -0.3 is 29.8 Å². The van der Waals surface area contributed by atoms with Crippen molar-refractivity contribution in [3.05, 3.63) is 59.4 Å². The Bertz CT molecular complexity index is 1420. The fourth-order valence-electron chi connectivity index (χ4n) is 3.62. The van der Waals surface area contributed by atoms with Gasteiger partial charge in [-0.25, -0.2) is 4.98 Å². The Hall–Kier alpha value is -4.45. The van der Waals surface area contributed by atoms with Crippen molar-refractivity contribution in [2.24, 2.45) is 5.73 Å². The molecule has 1 aliphatic heterocycles. The van der Waals surface area contributed by atoms with Crippen molar-refractivity contribution in [2.45, 2.75) is 19.4 Å². The Kier molecular flexibility index (Phi) is 6.25. The molecule has 2 amide bonds. The molecule has 1 atom stereocenters. The summed E-state index contributed by atoms with van der Waals surface area (Å²) in [6.07, 6.45) is 0.0189. The number of amides is 2. The van der Waals surface area contributed by atoms with Gasteiger partial charge in [-0.3, -0.25) is 9.59 Å². The molecular formula is C24H22N6O5S. The number of carbonyl (C=O) groups is 2. The molecule has 4 aromatic rings. The summed E-state index contributed by atoms with van der Waals surface area (Å²) in [5, 5.41) is 13.0. The Labute approximate surface area is 209 Å². The van der Waals surface area contributed by atoms with Crippen LogP contribution in [0.3, 0.4) is 0 Å². The number of aryl methyl sites for hydroxylation is 1. The SMILES string of the molecule is Cc1nnc(-c2ccc(Oc3cc(Nc4nc(C(N)=O)cs4)cc(OC4CCN(C)C4=O)c3)cc2)o1. The van der Waals surface area contributed by atoms with Crippen LogP contribution in [0.15, 0.2) is 52.3 Å². The first-order valence-electron chi connectivity index (χ1n) is 11.0. The lowest BCUT2D eigenvalue weighted by Gasteiger charge is -2.16. The lowest BCUT2D eigenvalue weighted by Crippen LogP contribution is -2.29. The molecule has 184 valence electrons. The maximum Gasteiger partial charge on any atom is 0.268 e.